The average molecular weight is 224 g/mol. The minimum absolute atomic E-state index is 0.273. The highest BCUT2D eigenvalue weighted by Gasteiger charge is 2.13. The maximum Gasteiger partial charge on any atom is 0.0740 e. The van der Waals surface area contributed by atoms with E-state index in [9.17, 15) is 0 Å². The molecule has 1 unspecified atom stereocenters. The van der Waals surface area contributed by atoms with E-state index in [0.717, 1.165) is 36.7 Å². The molecule has 1 fully saturated rings. The summed E-state index contributed by atoms with van der Waals surface area (Å²) in [6, 6.07) is 5.94. The highest BCUT2D eigenvalue weighted by molar-refractivity contribution is 7.80. The molecule has 0 spiro atoms. The van der Waals surface area contributed by atoms with Gasteiger partial charge >= 0.3 is 0 Å². The first-order valence-corrected chi connectivity index (χ1v) is 5.60. The molecule has 0 aliphatic carbocycles. The first-order valence-electron chi connectivity index (χ1n) is 5.15. The van der Waals surface area contributed by atoms with Gasteiger partial charge in [0.05, 0.1) is 12.7 Å². The van der Waals surface area contributed by atoms with Crippen molar-refractivity contribution in [2.45, 2.75) is 17.4 Å². The Hall–Kier alpha value is -0.710. The smallest absolute Gasteiger partial charge is 0.0740 e. The van der Waals surface area contributed by atoms with Crippen LogP contribution in [-0.4, -0.2) is 25.8 Å². The molecule has 2 rings (SSSR count). The van der Waals surface area contributed by atoms with Crippen LogP contribution in [0.4, 0.5) is 5.69 Å². The van der Waals surface area contributed by atoms with Crippen LogP contribution < -0.4 is 11.1 Å². The number of hydrogen-bond acceptors (Lipinski definition) is 4. The Morgan fingerprint density at radius 2 is 2.40 bits per heavy atom. The molecule has 1 aromatic rings. The predicted molar refractivity (Wildman–Crippen MR) is 64.4 cm³/mol. The third-order valence-corrected chi connectivity index (χ3v) is 2.95. The minimum Gasteiger partial charge on any atom is -0.398 e. The summed E-state index contributed by atoms with van der Waals surface area (Å²) in [6.45, 7) is 2.68. The maximum atomic E-state index is 5.70. The highest BCUT2D eigenvalue weighted by Crippen LogP contribution is 2.19. The van der Waals surface area contributed by atoms with E-state index in [1.165, 1.54) is 5.56 Å². The SMILES string of the molecule is Nc1ccc(CC2CNCCO2)cc1S. The Bertz CT molecular complexity index is 337. The molecule has 0 saturated carbocycles. The van der Waals surface area contributed by atoms with E-state index in [0.29, 0.717) is 0 Å². The second-order valence-corrected chi connectivity index (χ2v) is 4.28. The molecular weight excluding hydrogens is 208 g/mol. The van der Waals surface area contributed by atoms with Gasteiger partial charge < -0.3 is 15.8 Å². The van der Waals surface area contributed by atoms with Crippen molar-refractivity contribution >= 4 is 18.3 Å². The normalized spacial score (nSPS) is 21.5. The molecule has 4 heteroatoms. The molecule has 0 amide bonds. The standard InChI is InChI=1S/C11H16N2OS/c12-10-2-1-8(6-11(10)15)5-9-7-13-3-4-14-9/h1-2,6,9,13,15H,3-5,7,12H2. The van der Waals surface area contributed by atoms with E-state index in [1.54, 1.807) is 0 Å². The summed E-state index contributed by atoms with van der Waals surface area (Å²) in [6.07, 6.45) is 1.19. The number of ether oxygens (including phenoxy) is 1. The van der Waals surface area contributed by atoms with E-state index in [1.807, 2.05) is 18.2 Å². The topological polar surface area (TPSA) is 47.3 Å². The van der Waals surface area contributed by atoms with Crippen LogP contribution in [0.15, 0.2) is 23.1 Å². The first-order chi connectivity index (χ1) is 7.25. The molecule has 0 aromatic heterocycles. The summed E-state index contributed by atoms with van der Waals surface area (Å²) < 4.78 is 5.63. The summed E-state index contributed by atoms with van der Waals surface area (Å²) in [5.74, 6) is 0. The van der Waals surface area contributed by atoms with Crippen LogP contribution in [0.3, 0.4) is 0 Å². The number of nitrogen functional groups attached to an aromatic ring is 1. The van der Waals surface area contributed by atoms with Crippen molar-refractivity contribution in [1.29, 1.82) is 0 Å². The number of hydrogen-bond donors (Lipinski definition) is 3. The second kappa shape index (κ2) is 4.88. The fraction of sp³-hybridized carbons (Fsp3) is 0.455. The van der Waals surface area contributed by atoms with Gasteiger partial charge in [0, 0.05) is 23.7 Å². The van der Waals surface area contributed by atoms with Crippen molar-refractivity contribution in [2.75, 3.05) is 25.4 Å². The summed E-state index contributed by atoms with van der Waals surface area (Å²) >= 11 is 4.30. The number of nitrogens with two attached hydrogens (primary N) is 1. The first kappa shape index (κ1) is 10.8. The lowest BCUT2D eigenvalue weighted by atomic mass is 10.1. The van der Waals surface area contributed by atoms with Gasteiger partial charge in [-0.1, -0.05) is 6.07 Å². The third-order valence-electron chi connectivity index (χ3n) is 2.56. The number of rotatable bonds is 2. The van der Waals surface area contributed by atoms with Crippen LogP contribution in [0.5, 0.6) is 0 Å². The van der Waals surface area contributed by atoms with Gasteiger partial charge in [0.2, 0.25) is 0 Å². The molecule has 82 valence electrons. The number of morpholine rings is 1. The predicted octanol–water partition coefficient (Wildman–Crippen LogP) is 1.09. The Balaban J connectivity index is 2.00. The van der Waals surface area contributed by atoms with Crippen LogP contribution in [0.2, 0.25) is 0 Å². The van der Waals surface area contributed by atoms with Gasteiger partial charge in [-0.05, 0) is 24.1 Å². The molecule has 3 nitrogen and oxygen atoms in total. The van der Waals surface area contributed by atoms with Gasteiger partial charge in [-0.25, -0.2) is 0 Å². The van der Waals surface area contributed by atoms with Crippen molar-refractivity contribution in [1.82, 2.24) is 5.32 Å². The molecule has 0 bridgehead atoms. The Morgan fingerprint density at radius 3 is 3.07 bits per heavy atom. The highest BCUT2D eigenvalue weighted by atomic mass is 32.1. The van der Waals surface area contributed by atoms with Crippen LogP contribution >= 0.6 is 12.6 Å². The monoisotopic (exact) mass is 224 g/mol. The van der Waals surface area contributed by atoms with Crippen LogP contribution in [-0.2, 0) is 11.2 Å². The summed E-state index contributed by atoms with van der Waals surface area (Å²) in [5, 5.41) is 3.31. The molecule has 1 heterocycles. The zero-order valence-electron chi connectivity index (χ0n) is 8.57. The zero-order chi connectivity index (χ0) is 10.7. The molecule has 1 aromatic carbocycles. The molecule has 1 aliphatic rings. The molecule has 1 aliphatic heterocycles. The Kier molecular flexibility index (Phi) is 3.51. The summed E-state index contributed by atoms with van der Waals surface area (Å²) in [5.41, 5.74) is 7.65. The Labute approximate surface area is 95.4 Å². The van der Waals surface area contributed by atoms with Gasteiger partial charge in [0.15, 0.2) is 0 Å². The maximum absolute atomic E-state index is 5.70. The molecule has 15 heavy (non-hydrogen) atoms. The van der Waals surface area contributed by atoms with Gasteiger partial charge in [0.1, 0.15) is 0 Å². The lowest BCUT2D eigenvalue weighted by molar-refractivity contribution is 0.0292. The van der Waals surface area contributed by atoms with Gasteiger partial charge in [-0.15, -0.1) is 12.6 Å². The number of thiol groups is 1. The number of benzene rings is 1. The fourth-order valence-electron chi connectivity index (χ4n) is 1.73. The fourth-order valence-corrected chi connectivity index (χ4v) is 1.97. The number of nitrogens with one attached hydrogen (secondary N) is 1. The molecular formula is C11H16N2OS. The van der Waals surface area contributed by atoms with E-state index in [4.69, 9.17) is 10.5 Å². The number of anilines is 1. The lowest BCUT2D eigenvalue weighted by Gasteiger charge is -2.23. The van der Waals surface area contributed by atoms with Crippen LogP contribution in [0.25, 0.3) is 0 Å². The van der Waals surface area contributed by atoms with Crippen molar-refractivity contribution in [3.05, 3.63) is 23.8 Å². The van der Waals surface area contributed by atoms with E-state index in [-0.39, 0.29) is 6.10 Å². The Morgan fingerprint density at radius 1 is 1.53 bits per heavy atom. The summed E-state index contributed by atoms with van der Waals surface area (Å²) in [7, 11) is 0. The van der Waals surface area contributed by atoms with Crippen LogP contribution in [0, 0.1) is 0 Å². The van der Waals surface area contributed by atoms with Crippen LogP contribution in [0.1, 0.15) is 5.56 Å². The average Bonchev–Trinajstić information content (AvgIpc) is 2.25. The summed E-state index contributed by atoms with van der Waals surface area (Å²) in [4.78, 5) is 0.844. The zero-order valence-corrected chi connectivity index (χ0v) is 9.47. The molecule has 1 atom stereocenters. The van der Waals surface area contributed by atoms with Crippen molar-refractivity contribution < 1.29 is 4.74 Å². The van der Waals surface area contributed by atoms with Crippen molar-refractivity contribution in [2.24, 2.45) is 0 Å². The lowest BCUT2D eigenvalue weighted by Crippen LogP contribution is -2.39. The van der Waals surface area contributed by atoms with E-state index >= 15 is 0 Å². The largest absolute Gasteiger partial charge is 0.398 e. The van der Waals surface area contributed by atoms with Crippen molar-refractivity contribution in [3.63, 3.8) is 0 Å². The molecule has 1 saturated heterocycles. The molecule has 0 radical (unpaired) electrons. The van der Waals surface area contributed by atoms with Gasteiger partial charge in [-0.3, -0.25) is 0 Å². The van der Waals surface area contributed by atoms with Crippen molar-refractivity contribution in [3.8, 4) is 0 Å². The third kappa shape index (κ3) is 2.87. The quantitative estimate of drug-likeness (QED) is 0.520. The van der Waals surface area contributed by atoms with E-state index in [2.05, 4.69) is 17.9 Å². The van der Waals surface area contributed by atoms with Gasteiger partial charge in [0.25, 0.3) is 0 Å². The van der Waals surface area contributed by atoms with Gasteiger partial charge in [-0.2, -0.15) is 0 Å². The molecule has 3 N–H and O–H groups in total. The van der Waals surface area contributed by atoms with E-state index < -0.39 is 0 Å². The second-order valence-electron chi connectivity index (χ2n) is 3.79. The minimum atomic E-state index is 0.273.